The number of furan rings is 2. The minimum atomic E-state index is 0.857. The van der Waals surface area contributed by atoms with Gasteiger partial charge in [-0.15, -0.1) is 0 Å². The highest BCUT2D eigenvalue weighted by atomic mass is 16.3. The van der Waals surface area contributed by atoms with Crippen LogP contribution in [0.4, 0.5) is 34.1 Å². The third-order valence-corrected chi connectivity index (χ3v) is 12.3. The molecule has 12 rings (SSSR count). The van der Waals surface area contributed by atoms with Crippen molar-refractivity contribution in [2.45, 2.75) is 0 Å². The molecule has 0 unspecified atom stereocenters. The standard InChI is InChI=1S/C60H40N2O2/c1-3-12-41(13-4-1)43-22-28-47(29-23-43)61(51-34-36-55-53-18-7-9-20-57(53)63-59(55)39-51)48-32-26-45(27-33-48)46-16-11-17-50(38-46)62(49-30-24-44(25-31-49)42-14-5-2-6-15-42)52-35-37-56-54-19-8-10-21-58(54)64-60(56)40-52/h1-40H. The molecule has 0 saturated carbocycles. The van der Waals surface area contributed by atoms with Crippen LogP contribution in [0, 0.1) is 0 Å². The maximum atomic E-state index is 6.40. The Balaban J connectivity index is 0.928. The molecule has 302 valence electrons. The van der Waals surface area contributed by atoms with E-state index in [0.29, 0.717) is 0 Å². The van der Waals surface area contributed by atoms with Gasteiger partial charge in [-0.2, -0.15) is 0 Å². The van der Waals surface area contributed by atoms with Crippen LogP contribution < -0.4 is 9.80 Å². The molecule has 12 aromatic rings. The number of hydrogen-bond acceptors (Lipinski definition) is 4. The zero-order valence-electron chi connectivity index (χ0n) is 34.8. The van der Waals surface area contributed by atoms with Crippen molar-refractivity contribution in [3.63, 3.8) is 0 Å². The Kier molecular flexibility index (Phi) is 9.12. The van der Waals surface area contributed by atoms with E-state index in [2.05, 4.69) is 228 Å². The van der Waals surface area contributed by atoms with Crippen LogP contribution in [0.25, 0.3) is 77.3 Å². The Bertz CT molecular complexity index is 3590. The molecule has 4 heteroatoms. The Labute approximate surface area is 371 Å². The summed E-state index contributed by atoms with van der Waals surface area (Å²) in [5.74, 6) is 0. The van der Waals surface area contributed by atoms with Gasteiger partial charge in [0.1, 0.15) is 22.3 Å². The van der Waals surface area contributed by atoms with Gasteiger partial charge in [0.15, 0.2) is 0 Å². The van der Waals surface area contributed by atoms with Crippen molar-refractivity contribution < 1.29 is 8.83 Å². The highest BCUT2D eigenvalue weighted by Crippen LogP contribution is 2.42. The van der Waals surface area contributed by atoms with E-state index in [1.807, 2.05) is 24.3 Å². The summed E-state index contributed by atoms with van der Waals surface area (Å²) < 4.78 is 12.8. The molecule has 0 radical (unpaired) electrons. The molecule has 0 aliphatic rings. The Hall–Kier alpha value is -8.60. The first-order valence-electron chi connectivity index (χ1n) is 21.6. The van der Waals surface area contributed by atoms with Crippen molar-refractivity contribution in [3.8, 4) is 33.4 Å². The SMILES string of the molecule is c1ccc(-c2ccc(N(c3ccc(-c4cccc(N(c5ccc(-c6ccccc6)cc5)c5ccc6c(c5)oc5ccccc56)c4)cc3)c3ccc4c(c3)oc3ccccc34)cc2)cc1. The predicted octanol–water partition coefficient (Wildman–Crippen LogP) is 17.4. The second-order valence-electron chi connectivity index (χ2n) is 16.2. The topological polar surface area (TPSA) is 32.8 Å². The van der Waals surface area contributed by atoms with Crippen LogP contribution in [0.5, 0.6) is 0 Å². The highest BCUT2D eigenvalue weighted by Gasteiger charge is 2.19. The fourth-order valence-electron chi connectivity index (χ4n) is 9.10. The summed E-state index contributed by atoms with van der Waals surface area (Å²) in [4.78, 5) is 4.62. The first kappa shape index (κ1) is 37.2. The number of hydrogen-bond donors (Lipinski definition) is 0. The average Bonchev–Trinajstić information content (AvgIpc) is 3.93. The third-order valence-electron chi connectivity index (χ3n) is 12.3. The van der Waals surface area contributed by atoms with E-state index < -0.39 is 0 Å². The summed E-state index contributed by atoms with van der Waals surface area (Å²) in [6.45, 7) is 0. The van der Waals surface area contributed by atoms with Crippen LogP contribution in [-0.2, 0) is 0 Å². The van der Waals surface area contributed by atoms with Gasteiger partial charge in [0.25, 0.3) is 0 Å². The van der Waals surface area contributed by atoms with Gasteiger partial charge < -0.3 is 18.6 Å². The Morgan fingerprint density at radius 3 is 1.00 bits per heavy atom. The quantitative estimate of drug-likeness (QED) is 0.145. The lowest BCUT2D eigenvalue weighted by atomic mass is 10.0. The number of fused-ring (bicyclic) bond motifs is 6. The molecule has 64 heavy (non-hydrogen) atoms. The van der Waals surface area contributed by atoms with E-state index in [0.717, 1.165) is 89.1 Å². The summed E-state index contributed by atoms with van der Waals surface area (Å²) in [6.07, 6.45) is 0. The van der Waals surface area contributed by atoms with Crippen LogP contribution in [-0.4, -0.2) is 0 Å². The zero-order valence-corrected chi connectivity index (χ0v) is 34.8. The maximum Gasteiger partial charge on any atom is 0.137 e. The van der Waals surface area contributed by atoms with E-state index in [4.69, 9.17) is 8.83 Å². The van der Waals surface area contributed by atoms with Gasteiger partial charge in [-0.3, -0.25) is 0 Å². The molecule has 0 saturated heterocycles. The molecule has 10 aromatic carbocycles. The minimum absolute atomic E-state index is 0.857. The van der Waals surface area contributed by atoms with Crippen molar-refractivity contribution in [3.05, 3.63) is 243 Å². The molecular weight excluding hydrogens is 781 g/mol. The van der Waals surface area contributed by atoms with Gasteiger partial charge in [-0.25, -0.2) is 0 Å². The third kappa shape index (κ3) is 6.75. The maximum absolute atomic E-state index is 6.40. The van der Waals surface area contributed by atoms with Crippen molar-refractivity contribution >= 4 is 78.0 Å². The summed E-state index contributed by atoms with van der Waals surface area (Å²) >= 11 is 0. The normalized spacial score (nSPS) is 11.4. The van der Waals surface area contributed by atoms with Crippen LogP contribution in [0.2, 0.25) is 0 Å². The highest BCUT2D eigenvalue weighted by molar-refractivity contribution is 6.07. The lowest BCUT2D eigenvalue weighted by Gasteiger charge is -2.27. The summed E-state index contributed by atoms with van der Waals surface area (Å²) in [6, 6.07) is 85.8. The molecule has 0 atom stereocenters. The summed E-state index contributed by atoms with van der Waals surface area (Å²) in [5, 5.41) is 4.44. The van der Waals surface area contributed by atoms with Crippen molar-refractivity contribution in [2.75, 3.05) is 9.80 Å². The predicted molar refractivity (Wildman–Crippen MR) is 267 cm³/mol. The van der Waals surface area contributed by atoms with Gasteiger partial charge in [-0.1, -0.05) is 146 Å². The number of nitrogens with zero attached hydrogens (tertiary/aromatic N) is 2. The first-order valence-corrected chi connectivity index (χ1v) is 21.6. The monoisotopic (exact) mass is 820 g/mol. The fraction of sp³-hybridized carbons (Fsp3) is 0. The minimum Gasteiger partial charge on any atom is -0.456 e. The smallest absolute Gasteiger partial charge is 0.137 e. The number of para-hydroxylation sites is 2. The largest absolute Gasteiger partial charge is 0.456 e. The Morgan fingerprint density at radius 2 is 0.531 bits per heavy atom. The van der Waals surface area contributed by atoms with Crippen molar-refractivity contribution in [1.29, 1.82) is 0 Å². The molecule has 0 bridgehead atoms. The molecule has 0 fully saturated rings. The molecule has 0 aliphatic heterocycles. The van der Waals surface area contributed by atoms with E-state index in [-0.39, 0.29) is 0 Å². The van der Waals surface area contributed by atoms with Crippen LogP contribution >= 0.6 is 0 Å². The number of benzene rings is 10. The molecule has 0 N–H and O–H groups in total. The van der Waals surface area contributed by atoms with Gasteiger partial charge in [0.05, 0.1) is 0 Å². The van der Waals surface area contributed by atoms with E-state index in [9.17, 15) is 0 Å². The van der Waals surface area contributed by atoms with Crippen LogP contribution in [0.1, 0.15) is 0 Å². The van der Waals surface area contributed by atoms with E-state index in [1.165, 1.54) is 22.3 Å². The van der Waals surface area contributed by atoms with Crippen LogP contribution in [0.3, 0.4) is 0 Å². The van der Waals surface area contributed by atoms with Crippen molar-refractivity contribution in [1.82, 2.24) is 0 Å². The number of anilines is 6. The van der Waals surface area contributed by atoms with Crippen LogP contribution in [0.15, 0.2) is 251 Å². The van der Waals surface area contributed by atoms with Gasteiger partial charge in [-0.05, 0) is 118 Å². The Morgan fingerprint density at radius 1 is 0.203 bits per heavy atom. The van der Waals surface area contributed by atoms with Gasteiger partial charge in [0, 0.05) is 67.8 Å². The summed E-state index contributed by atoms with van der Waals surface area (Å²) in [5.41, 5.74) is 16.7. The average molecular weight is 821 g/mol. The molecule has 0 amide bonds. The molecule has 2 heterocycles. The zero-order chi connectivity index (χ0) is 42.4. The molecule has 0 spiro atoms. The van der Waals surface area contributed by atoms with E-state index in [1.54, 1.807) is 0 Å². The van der Waals surface area contributed by atoms with Gasteiger partial charge >= 0.3 is 0 Å². The summed E-state index contributed by atoms with van der Waals surface area (Å²) in [7, 11) is 0. The fourth-order valence-corrected chi connectivity index (χ4v) is 9.10. The number of rotatable bonds is 9. The second kappa shape index (κ2) is 15.7. The van der Waals surface area contributed by atoms with Gasteiger partial charge in [0.2, 0.25) is 0 Å². The lowest BCUT2D eigenvalue weighted by Crippen LogP contribution is -2.10. The van der Waals surface area contributed by atoms with E-state index >= 15 is 0 Å². The molecule has 0 aliphatic carbocycles. The molecular formula is C60H40N2O2. The molecule has 4 nitrogen and oxygen atoms in total. The van der Waals surface area contributed by atoms with Crippen molar-refractivity contribution in [2.24, 2.45) is 0 Å². The second-order valence-corrected chi connectivity index (χ2v) is 16.2. The first-order chi connectivity index (χ1) is 31.7. The molecule has 2 aromatic heterocycles. The lowest BCUT2D eigenvalue weighted by molar-refractivity contribution is 0.668.